The molecule has 2 N–H and O–H groups in total. The molecule has 1 aromatic heterocycles. The first-order valence-corrected chi connectivity index (χ1v) is 5.83. The van der Waals surface area contributed by atoms with Gasteiger partial charge in [0.15, 0.2) is 0 Å². The van der Waals surface area contributed by atoms with E-state index in [-0.39, 0.29) is 5.56 Å². The van der Waals surface area contributed by atoms with Crippen molar-refractivity contribution in [3.63, 3.8) is 0 Å². The summed E-state index contributed by atoms with van der Waals surface area (Å²) in [5, 5.41) is 0. The van der Waals surface area contributed by atoms with Gasteiger partial charge in [-0.1, -0.05) is 19.3 Å². The van der Waals surface area contributed by atoms with Crippen LogP contribution in [0.15, 0.2) is 16.9 Å². The van der Waals surface area contributed by atoms with Crippen LogP contribution >= 0.6 is 0 Å². The number of nitrogens with two attached hydrogens (primary N) is 1. The normalized spacial score (nSPS) is 17.4. The molecule has 0 bridgehead atoms. The van der Waals surface area contributed by atoms with Crippen LogP contribution in [-0.2, 0) is 0 Å². The van der Waals surface area contributed by atoms with Crippen LogP contribution in [0.2, 0.25) is 0 Å². The lowest BCUT2D eigenvalue weighted by molar-refractivity contribution is 0.0917. The quantitative estimate of drug-likeness (QED) is 0.772. The summed E-state index contributed by atoms with van der Waals surface area (Å²) >= 11 is 0. The first kappa shape index (κ1) is 11.2. The standard InChI is InChI=1S/C12H18N2O2/c1-9-7-11(10-5-3-2-4-6-10)14(16-13)12(15)8-9/h7-8,10H,2-6,13H2,1H3. The monoisotopic (exact) mass is 222 g/mol. The van der Waals surface area contributed by atoms with E-state index in [9.17, 15) is 4.79 Å². The van der Waals surface area contributed by atoms with Crippen molar-refractivity contribution in [3.05, 3.63) is 33.7 Å². The summed E-state index contributed by atoms with van der Waals surface area (Å²) in [4.78, 5) is 16.4. The summed E-state index contributed by atoms with van der Waals surface area (Å²) in [6, 6.07) is 3.55. The highest BCUT2D eigenvalue weighted by molar-refractivity contribution is 5.19. The molecule has 4 nitrogen and oxygen atoms in total. The fourth-order valence-corrected chi connectivity index (χ4v) is 2.51. The van der Waals surface area contributed by atoms with Crippen LogP contribution in [0.1, 0.15) is 49.3 Å². The largest absolute Gasteiger partial charge is 0.318 e. The van der Waals surface area contributed by atoms with E-state index >= 15 is 0 Å². The van der Waals surface area contributed by atoms with Crippen LogP contribution < -0.4 is 16.4 Å². The number of rotatable bonds is 2. The van der Waals surface area contributed by atoms with E-state index in [2.05, 4.69) is 4.94 Å². The van der Waals surface area contributed by atoms with Crippen molar-refractivity contribution in [2.75, 3.05) is 0 Å². The molecular weight excluding hydrogens is 204 g/mol. The molecule has 4 heteroatoms. The molecule has 0 unspecified atom stereocenters. The van der Waals surface area contributed by atoms with Gasteiger partial charge in [0.25, 0.3) is 5.56 Å². The third kappa shape index (κ3) is 2.11. The van der Waals surface area contributed by atoms with E-state index in [0.29, 0.717) is 5.92 Å². The molecule has 16 heavy (non-hydrogen) atoms. The first-order chi connectivity index (χ1) is 7.72. The van der Waals surface area contributed by atoms with E-state index in [0.717, 1.165) is 24.1 Å². The Kier molecular flexibility index (Phi) is 3.29. The van der Waals surface area contributed by atoms with Crippen molar-refractivity contribution in [1.29, 1.82) is 0 Å². The number of aryl methyl sites for hydroxylation is 1. The highest BCUT2D eigenvalue weighted by Crippen LogP contribution is 2.31. The van der Waals surface area contributed by atoms with Crippen LogP contribution in [0, 0.1) is 6.92 Å². The van der Waals surface area contributed by atoms with Crippen molar-refractivity contribution in [2.45, 2.75) is 44.9 Å². The van der Waals surface area contributed by atoms with E-state index in [4.69, 9.17) is 5.90 Å². The summed E-state index contributed by atoms with van der Waals surface area (Å²) in [6.45, 7) is 1.93. The van der Waals surface area contributed by atoms with Crippen LogP contribution in [-0.4, -0.2) is 4.73 Å². The summed E-state index contributed by atoms with van der Waals surface area (Å²) in [5.74, 6) is 5.58. The molecular formula is C12H18N2O2. The Balaban J connectivity index is 2.41. The highest BCUT2D eigenvalue weighted by Gasteiger charge is 2.20. The fourth-order valence-electron chi connectivity index (χ4n) is 2.51. The zero-order valence-electron chi connectivity index (χ0n) is 9.61. The Morgan fingerprint density at radius 3 is 2.62 bits per heavy atom. The number of nitrogens with zero attached hydrogens (tertiary/aromatic N) is 1. The Morgan fingerprint density at radius 1 is 1.31 bits per heavy atom. The number of hydrogen-bond donors (Lipinski definition) is 1. The number of pyridine rings is 1. The smallest absolute Gasteiger partial charge is 0.285 e. The first-order valence-electron chi connectivity index (χ1n) is 5.83. The van der Waals surface area contributed by atoms with Crippen LogP contribution in [0.3, 0.4) is 0 Å². The average Bonchev–Trinajstić information content (AvgIpc) is 2.29. The second kappa shape index (κ2) is 4.70. The van der Waals surface area contributed by atoms with E-state index in [1.54, 1.807) is 6.07 Å². The van der Waals surface area contributed by atoms with E-state index in [1.165, 1.54) is 24.0 Å². The molecule has 1 saturated carbocycles. The SMILES string of the molecule is Cc1cc(C2CCCCC2)n(ON)c(=O)c1. The maximum absolute atomic E-state index is 11.7. The molecule has 0 saturated heterocycles. The van der Waals surface area contributed by atoms with Gasteiger partial charge in [-0.15, -0.1) is 10.6 Å². The lowest BCUT2D eigenvalue weighted by atomic mass is 9.86. The lowest BCUT2D eigenvalue weighted by Crippen LogP contribution is -2.34. The maximum Gasteiger partial charge on any atom is 0.285 e. The van der Waals surface area contributed by atoms with Gasteiger partial charge in [-0.25, -0.2) is 0 Å². The summed E-state index contributed by atoms with van der Waals surface area (Å²) in [7, 11) is 0. The molecule has 0 aromatic carbocycles. The van der Waals surface area contributed by atoms with Gasteiger partial charge in [-0.3, -0.25) is 4.79 Å². The number of hydrogen-bond acceptors (Lipinski definition) is 3. The van der Waals surface area contributed by atoms with E-state index in [1.807, 2.05) is 13.0 Å². The molecule has 0 radical (unpaired) electrons. The van der Waals surface area contributed by atoms with Crippen LogP contribution in [0.5, 0.6) is 0 Å². The zero-order valence-corrected chi connectivity index (χ0v) is 9.61. The maximum atomic E-state index is 11.7. The molecule has 88 valence electrons. The molecule has 1 aliphatic carbocycles. The van der Waals surface area contributed by atoms with Crippen molar-refractivity contribution in [2.24, 2.45) is 5.90 Å². The molecule has 0 atom stereocenters. The summed E-state index contributed by atoms with van der Waals surface area (Å²) in [6.07, 6.45) is 5.96. The molecule has 0 spiro atoms. The predicted octanol–water partition coefficient (Wildman–Crippen LogP) is 1.51. The highest BCUT2D eigenvalue weighted by atomic mass is 16.8. The number of aromatic nitrogens is 1. The van der Waals surface area contributed by atoms with Gasteiger partial charge >= 0.3 is 0 Å². The Bertz CT molecular complexity index is 420. The molecule has 1 aliphatic rings. The molecule has 1 aromatic rings. The van der Waals surface area contributed by atoms with Gasteiger partial charge in [-0.2, -0.15) is 0 Å². The minimum atomic E-state index is -0.178. The molecule has 1 heterocycles. The molecule has 0 amide bonds. The van der Waals surface area contributed by atoms with Crippen LogP contribution in [0.25, 0.3) is 0 Å². The summed E-state index contributed by atoms with van der Waals surface area (Å²) in [5.41, 5.74) is 1.72. The lowest BCUT2D eigenvalue weighted by Gasteiger charge is -2.23. The Morgan fingerprint density at radius 2 is 2.00 bits per heavy atom. The topological polar surface area (TPSA) is 57.2 Å². The van der Waals surface area contributed by atoms with Crippen LogP contribution in [0.4, 0.5) is 0 Å². The molecule has 0 aliphatic heterocycles. The predicted molar refractivity (Wildman–Crippen MR) is 62.0 cm³/mol. The van der Waals surface area contributed by atoms with Gasteiger partial charge in [0.1, 0.15) is 0 Å². The van der Waals surface area contributed by atoms with Crippen molar-refractivity contribution >= 4 is 0 Å². The second-order valence-corrected chi connectivity index (χ2v) is 4.53. The van der Waals surface area contributed by atoms with Crippen molar-refractivity contribution in [1.82, 2.24) is 4.73 Å². The summed E-state index contributed by atoms with van der Waals surface area (Å²) < 4.78 is 1.23. The Hall–Kier alpha value is -1.29. The molecule has 1 fully saturated rings. The minimum absolute atomic E-state index is 0.178. The van der Waals surface area contributed by atoms with Crippen molar-refractivity contribution < 1.29 is 4.94 Å². The fraction of sp³-hybridized carbons (Fsp3) is 0.583. The third-order valence-electron chi connectivity index (χ3n) is 3.29. The van der Waals surface area contributed by atoms with Gasteiger partial charge in [0, 0.05) is 12.0 Å². The van der Waals surface area contributed by atoms with Gasteiger partial charge in [-0.05, 0) is 31.4 Å². The zero-order chi connectivity index (χ0) is 11.5. The van der Waals surface area contributed by atoms with Gasteiger partial charge in [0.2, 0.25) is 0 Å². The van der Waals surface area contributed by atoms with Gasteiger partial charge < -0.3 is 4.94 Å². The van der Waals surface area contributed by atoms with E-state index < -0.39 is 0 Å². The van der Waals surface area contributed by atoms with Crippen molar-refractivity contribution in [3.8, 4) is 0 Å². The Labute approximate surface area is 94.9 Å². The molecule has 2 rings (SSSR count). The van der Waals surface area contributed by atoms with Gasteiger partial charge in [0.05, 0.1) is 5.69 Å². The third-order valence-corrected chi connectivity index (χ3v) is 3.29. The minimum Gasteiger partial charge on any atom is -0.318 e. The second-order valence-electron chi connectivity index (χ2n) is 4.53. The average molecular weight is 222 g/mol.